The third-order valence-corrected chi connectivity index (χ3v) is 4.06. The molecule has 0 saturated carbocycles. The molecule has 1 aliphatic carbocycles. The van der Waals surface area contributed by atoms with Crippen LogP contribution in [0.4, 0.5) is 0 Å². The summed E-state index contributed by atoms with van der Waals surface area (Å²) in [6, 6.07) is 0. The molecule has 1 aliphatic rings. The molecule has 0 aromatic carbocycles. The van der Waals surface area contributed by atoms with E-state index in [-0.39, 0.29) is 56.4 Å². The van der Waals surface area contributed by atoms with Crippen molar-refractivity contribution in [1.82, 2.24) is 0 Å². The maximum Gasteiger partial charge on any atom is 0 e. The Morgan fingerprint density at radius 3 is 1.62 bits per heavy atom. The molecule has 0 fully saturated rings. The van der Waals surface area contributed by atoms with Gasteiger partial charge in [-0.05, 0) is 10.2 Å². The minimum Gasteiger partial charge on any atom is -0.263 e. The van der Waals surface area contributed by atoms with Crippen molar-refractivity contribution < 1.29 is 26.2 Å². The first-order valence-electron chi connectivity index (χ1n) is 3.75. The molecule has 0 N–H and O–H groups in total. The average molecular weight is 315 g/mol. The molecule has 4 heteroatoms. The zero-order chi connectivity index (χ0) is 7.94. The Morgan fingerprint density at radius 1 is 1.15 bits per heavy atom. The van der Waals surface area contributed by atoms with Gasteiger partial charge in [-0.15, -0.1) is 24.8 Å². The van der Waals surface area contributed by atoms with Gasteiger partial charge in [0.15, 0.2) is 0 Å². The zero-order valence-corrected chi connectivity index (χ0v) is 14.9. The number of allylic oxidation sites excluding steroid dienone is 4. The molecule has 0 spiro atoms. The summed E-state index contributed by atoms with van der Waals surface area (Å²) < 4.78 is 0. The fourth-order valence-electron chi connectivity index (χ4n) is 1.41. The fraction of sp³-hybridized carbons (Fsp3) is 0.556. The molecule has 0 atom stereocenters. The van der Waals surface area contributed by atoms with Gasteiger partial charge in [0, 0.05) is 26.2 Å². The maximum absolute atomic E-state index is 3.47. The van der Waals surface area contributed by atoms with Crippen LogP contribution in [0.3, 0.4) is 0 Å². The molecule has 0 unspecified atom stereocenters. The summed E-state index contributed by atoms with van der Waals surface area (Å²) in [4.78, 5) is 0. The molecule has 0 nitrogen and oxygen atoms in total. The first-order valence-corrected chi connectivity index (χ1v) is 4.75. The Hall–Kier alpha value is 1.16. The van der Waals surface area contributed by atoms with Gasteiger partial charge in [0.2, 0.25) is 0 Å². The van der Waals surface area contributed by atoms with Crippen molar-refractivity contribution in [2.45, 2.75) is 27.7 Å². The molecular formula is C9H17Cl2SiZr-. The van der Waals surface area contributed by atoms with E-state index in [1.165, 1.54) is 21.4 Å². The Bertz CT molecular complexity index is 232. The molecule has 0 aromatic rings. The Labute approximate surface area is 116 Å². The molecule has 0 saturated heterocycles. The molecule has 1 rings (SSSR count). The van der Waals surface area contributed by atoms with E-state index in [9.17, 15) is 0 Å². The monoisotopic (exact) mass is 313 g/mol. The van der Waals surface area contributed by atoms with Gasteiger partial charge in [-0.3, -0.25) is 6.08 Å². The van der Waals surface area contributed by atoms with Crippen LogP contribution in [-0.2, 0) is 26.2 Å². The van der Waals surface area contributed by atoms with Crippen LogP contribution in [0.25, 0.3) is 0 Å². The topological polar surface area (TPSA) is 0 Å². The van der Waals surface area contributed by atoms with Gasteiger partial charge in [-0.2, -0.15) is 5.57 Å². The van der Waals surface area contributed by atoms with E-state index in [1.807, 2.05) is 0 Å². The standard InChI is InChI=1S/C9H15Si.2ClH.Zr/c1-6-5-9(3,4)7(2)8(6)10;;;/h1-4,10H3;2*1H;/q-1;;;. The van der Waals surface area contributed by atoms with E-state index in [0.717, 1.165) is 0 Å². The van der Waals surface area contributed by atoms with Crippen molar-refractivity contribution >= 4 is 35.1 Å². The summed E-state index contributed by atoms with van der Waals surface area (Å²) in [6.45, 7) is 8.86. The smallest absolute Gasteiger partial charge is 0 e. The van der Waals surface area contributed by atoms with Crippen LogP contribution < -0.4 is 0 Å². The van der Waals surface area contributed by atoms with Crippen LogP contribution in [0.15, 0.2) is 16.3 Å². The van der Waals surface area contributed by atoms with Crippen molar-refractivity contribution in [3.8, 4) is 0 Å². The van der Waals surface area contributed by atoms with E-state index in [0.29, 0.717) is 0 Å². The van der Waals surface area contributed by atoms with Gasteiger partial charge in [0.05, 0.1) is 0 Å². The first kappa shape index (κ1) is 19.7. The molecule has 0 heterocycles. The normalized spacial score (nSPS) is 18.3. The summed E-state index contributed by atoms with van der Waals surface area (Å²) >= 11 is 0. The largest absolute Gasteiger partial charge is 0.263 e. The summed E-state index contributed by atoms with van der Waals surface area (Å²) in [6.07, 6.45) is 3.47. The molecule has 0 radical (unpaired) electrons. The van der Waals surface area contributed by atoms with Crippen molar-refractivity contribution in [2.75, 3.05) is 0 Å². The Morgan fingerprint density at radius 2 is 1.54 bits per heavy atom. The molecule has 0 bridgehead atoms. The third kappa shape index (κ3) is 4.03. The second kappa shape index (κ2) is 6.61. The van der Waals surface area contributed by atoms with Crippen LogP contribution in [0.5, 0.6) is 0 Å². The minimum atomic E-state index is 0. The van der Waals surface area contributed by atoms with Gasteiger partial charge in [-0.25, -0.2) is 10.8 Å². The predicted molar refractivity (Wildman–Crippen MR) is 63.3 cm³/mol. The van der Waals surface area contributed by atoms with Crippen LogP contribution in [0.2, 0.25) is 0 Å². The fourth-order valence-corrected chi connectivity index (χ4v) is 2.16. The van der Waals surface area contributed by atoms with Gasteiger partial charge in [0.25, 0.3) is 0 Å². The summed E-state index contributed by atoms with van der Waals surface area (Å²) in [5.74, 6) is 0. The third-order valence-electron chi connectivity index (χ3n) is 2.56. The molecule has 13 heavy (non-hydrogen) atoms. The Balaban J connectivity index is -0.000000333. The van der Waals surface area contributed by atoms with Crippen molar-refractivity contribution in [3.63, 3.8) is 0 Å². The SMILES string of the molecule is CC1=[C-]C(C)(C)C(C)=C1[SiH3].Cl.Cl.[Zr]. The van der Waals surface area contributed by atoms with Crippen molar-refractivity contribution in [1.29, 1.82) is 0 Å². The number of halogens is 2. The average Bonchev–Trinajstić information content (AvgIpc) is 1.95. The summed E-state index contributed by atoms with van der Waals surface area (Å²) in [5, 5.41) is 1.56. The maximum atomic E-state index is 3.47. The first-order chi connectivity index (χ1) is 4.45. The van der Waals surface area contributed by atoms with Crippen LogP contribution in [0.1, 0.15) is 27.7 Å². The summed E-state index contributed by atoms with van der Waals surface area (Å²) in [7, 11) is 1.17. The van der Waals surface area contributed by atoms with E-state index in [4.69, 9.17) is 0 Å². The molecule has 0 aliphatic heterocycles. The van der Waals surface area contributed by atoms with Crippen LogP contribution in [-0.4, -0.2) is 10.2 Å². The van der Waals surface area contributed by atoms with Crippen molar-refractivity contribution in [2.24, 2.45) is 5.41 Å². The molecular weight excluding hydrogens is 298 g/mol. The second-order valence-electron chi connectivity index (χ2n) is 3.62. The number of rotatable bonds is 0. The van der Waals surface area contributed by atoms with Gasteiger partial charge in [-0.1, -0.05) is 33.1 Å². The summed E-state index contributed by atoms with van der Waals surface area (Å²) in [5.41, 5.74) is 3.13. The second-order valence-corrected chi connectivity index (χ2v) is 4.62. The van der Waals surface area contributed by atoms with Crippen LogP contribution >= 0.6 is 24.8 Å². The quantitative estimate of drug-likeness (QED) is 0.475. The Kier molecular flexibility index (Phi) is 10.0. The molecule has 76 valence electrons. The molecule has 0 aromatic heterocycles. The zero-order valence-electron chi connectivity index (χ0n) is 8.82. The van der Waals surface area contributed by atoms with E-state index < -0.39 is 0 Å². The van der Waals surface area contributed by atoms with Crippen molar-refractivity contribution in [3.05, 3.63) is 22.4 Å². The van der Waals surface area contributed by atoms with E-state index in [1.54, 1.807) is 5.20 Å². The molecule has 0 amide bonds. The number of hydrogen-bond donors (Lipinski definition) is 0. The predicted octanol–water partition coefficient (Wildman–Crippen LogP) is 2.26. The van der Waals surface area contributed by atoms with Gasteiger partial charge >= 0.3 is 0 Å². The number of hydrogen-bond acceptors (Lipinski definition) is 0. The van der Waals surface area contributed by atoms with E-state index in [2.05, 4.69) is 33.8 Å². The minimum absolute atomic E-state index is 0. The van der Waals surface area contributed by atoms with E-state index >= 15 is 0 Å². The van der Waals surface area contributed by atoms with Gasteiger partial charge in [0.1, 0.15) is 0 Å². The van der Waals surface area contributed by atoms with Crippen LogP contribution in [0, 0.1) is 11.5 Å². The van der Waals surface area contributed by atoms with Gasteiger partial charge < -0.3 is 0 Å².